The minimum absolute atomic E-state index is 0.0538. The maximum absolute atomic E-state index is 11.3. The molecule has 0 atom stereocenters. The van der Waals surface area contributed by atoms with Crippen LogP contribution in [0.15, 0.2) is 21.6 Å². The molecule has 0 unspecified atom stereocenters. The average molecular weight is 201 g/mol. The van der Waals surface area contributed by atoms with Crippen molar-refractivity contribution in [1.82, 2.24) is 9.03 Å². The van der Waals surface area contributed by atoms with E-state index in [1.54, 1.807) is 0 Å². The Morgan fingerprint density at radius 1 is 1.62 bits per heavy atom. The fourth-order valence-corrected chi connectivity index (χ4v) is 1.94. The number of nitrogens with one attached hydrogen (secondary N) is 1. The molecule has 0 aromatic heterocycles. The van der Waals surface area contributed by atoms with Crippen molar-refractivity contribution in [3.8, 4) is 0 Å². The van der Waals surface area contributed by atoms with Crippen molar-refractivity contribution in [2.75, 3.05) is 7.05 Å². The lowest BCUT2D eigenvalue weighted by molar-refractivity contribution is 0.539. The molecule has 2 aliphatic heterocycles. The summed E-state index contributed by atoms with van der Waals surface area (Å²) in [7, 11) is -2.20. The minimum Gasteiger partial charge on any atom is -0.384 e. The smallest absolute Gasteiger partial charge is 0.326 e. The molecule has 2 heterocycles. The number of fused-ring (bicyclic) bond motifs is 1. The van der Waals surface area contributed by atoms with Gasteiger partial charge in [-0.15, -0.1) is 5.10 Å². The van der Waals surface area contributed by atoms with Crippen LogP contribution in [0.5, 0.6) is 0 Å². The van der Waals surface area contributed by atoms with Crippen LogP contribution in [0.4, 0.5) is 0 Å². The number of amidine groups is 1. The van der Waals surface area contributed by atoms with E-state index in [2.05, 4.69) is 14.9 Å². The monoisotopic (exact) mass is 201 g/mol. The zero-order valence-electron chi connectivity index (χ0n) is 6.72. The van der Waals surface area contributed by atoms with Crippen LogP contribution in [0.25, 0.3) is 0 Å². The van der Waals surface area contributed by atoms with E-state index in [0.717, 1.165) is 4.31 Å². The highest BCUT2D eigenvalue weighted by atomic mass is 32.2. The van der Waals surface area contributed by atoms with Crippen LogP contribution in [0, 0.1) is 0 Å². The number of nitrogens with two attached hydrogens (primary N) is 1. The van der Waals surface area contributed by atoms with E-state index in [1.807, 2.05) is 0 Å². The Morgan fingerprint density at radius 3 is 3.00 bits per heavy atom. The van der Waals surface area contributed by atoms with Gasteiger partial charge in [-0.3, -0.25) is 4.72 Å². The van der Waals surface area contributed by atoms with Crippen LogP contribution in [0.2, 0.25) is 0 Å². The van der Waals surface area contributed by atoms with Crippen LogP contribution in [0.3, 0.4) is 0 Å². The lowest BCUT2D eigenvalue weighted by Gasteiger charge is -2.25. The molecule has 0 saturated heterocycles. The Labute approximate surface area is 74.8 Å². The first kappa shape index (κ1) is 8.05. The first-order chi connectivity index (χ1) is 6.02. The molecule has 2 aliphatic rings. The first-order valence-corrected chi connectivity index (χ1v) is 4.84. The largest absolute Gasteiger partial charge is 0.384 e. The van der Waals surface area contributed by atoms with Crippen molar-refractivity contribution in [2.45, 2.75) is 0 Å². The molecule has 0 aliphatic carbocycles. The summed E-state index contributed by atoms with van der Waals surface area (Å²) in [6.45, 7) is 0. The maximum atomic E-state index is 11.3. The number of rotatable bonds is 0. The fourth-order valence-electron chi connectivity index (χ4n) is 1.05. The maximum Gasteiger partial charge on any atom is 0.326 e. The zero-order chi connectivity index (χ0) is 9.64. The van der Waals surface area contributed by atoms with Gasteiger partial charge in [0.05, 0.1) is 11.8 Å². The van der Waals surface area contributed by atoms with Gasteiger partial charge in [0, 0.05) is 7.05 Å². The summed E-state index contributed by atoms with van der Waals surface area (Å²) in [5.41, 5.74) is 5.95. The van der Waals surface area contributed by atoms with Gasteiger partial charge in [-0.25, -0.2) is 4.31 Å². The highest BCUT2D eigenvalue weighted by molar-refractivity contribution is 7.88. The second-order valence-electron chi connectivity index (χ2n) is 2.57. The van der Waals surface area contributed by atoms with Crippen LogP contribution in [0.1, 0.15) is 0 Å². The third kappa shape index (κ3) is 0.985. The molecular weight excluding hydrogens is 194 g/mol. The summed E-state index contributed by atoms with van der Waals surface area (Å²) in [4.78, 5) is 0. The van der Waals surface area contributed by atoms with E-state index in [4.69, 9.17) is 5.73 Å². The molecule has 0 bridgehead atoms. The lowest BCUT2D eigenvalue weighted by atomic mass is 10.2. The Morgan fingerprint density at radius 2 is 2.31 bits per heavy atom. The van der Waals surface area contributed by atoms with Crippen LogP contribution in [-0.4, -0.2) is 31.8 Å². The average Bonchev–Trinajstić information content (AvgIpc) is 2.47. The molecule has 0 spiro atoms. The molecule has 3 N–H and O–H groups in total. The predicted molar refractivity (Wildman–Crippen MR) is 47.0 cm³/mol. The highest BCUT2D eigenvalue weighted by Crippen LogP contribution is 2.16. The van der Waals surface area contributed by atoms with Crippen molar-refractivity contribution < 1.29 is 8.42 Å². The number of nitrogens with zero attached hydrogens (tertiary/aromatic N) is 3. The van der Waals surface area contributed by atoms with Crippen molar-refractivity contribution in [3.05, 3.63) is 11.4 Å². The van der Waals surface area contributed by atoms with Gasteiger partial charge in [0.15, 0.2) is 5.84 Å². The third-order valence-corrected chi connectivity index (χ3v) is 3.14. The number of likely N-dealkylation sites (N-methyl/N-ethyl adjacent to an activating group) is 1. The van der Waals surface area contributed by atoms with Crippen molar-refractivity contribution in [2.24, 2.45) is 15.9 Å². The Hall–Kier alpha value is -1.57. The number of hydrogen-bond acceptors (Lipinski definition) is 5. The van der Waals surface area contributed by atoms with Gasteiger partial charge in [0.25, 0.3) is 0 Å². The minimum atomic E-state index is -3.58. The second kappa shape index (κ2) is 2.22. The van der Waals surface area contributed by atoms with Crippen molar-refractivity contribution in [3.63, 3.8) is 0 Å². The van der Waals surface area contributed by atoms with Crippen LogP contribution < -0.4 is 10.5 Å². The van der Waals surface area contributed by atoms with E-state index in [9.17, 15) is 8.42 Å². The summed E-state index contributed by atoms with van der Waals surface area (Å²) >= 11 is 0. The van der Waals surface area contributed by atoms with Crippen molar-refractivity contribution >= 4 is 22.3 Å². The lowest BCUT2D eigenvalue weighted by Crippen LogP contribution is -2.48. The Balaban J connectivity index is 2.62. The Kier molecular flexibility index (Phi) is 1.38. The topological polar surface area (TPSA) is 100 Å². The molecule has 0 radical (unpaired) electrons. The SMILES string of the molecule is CN1C2=NN=CC2=C(N)NS1(=O)=O. The van der Waals surface area contributed by atoms with Gasteiger partial charge >= 0.3 is 10.2 Å². The molecule has 70 valence electrons. The molecule has 0 saturated carbocycles. The van der Waals surface area contributed by atoms with Gasteiger partial charge in [-0.05, 0) is 0 Å². The van der Waals surface area contributed by atoms with Gasteiger partial charge in [-0.1, -0.05) is 0 Å². The van der Waals surface area contributed by atoms with Crippen LogP contribution >= 0.6 is 0 Å². The molecule has 0 aromatic rings. The standard InChI is InChI=1S/C5H7N5O2S/c1-10-5-3(2-7-8-5)4(6)9-13(10,11)12/h2,9H,6H2,1H3. The van der Waals surface area contributed by atoms with Gasteiger partial charge in [0.2, 0.25) is 0 Å². The first-order valence-electron chi connectivity index (χ1n) is 3.40. The Bertz CT molecular complexity index is 446. The van der Waals surface area contributed by atoms with Crippen LogP contribution in [-0.2, 0) is 10.2 Å². The van der Waals surface area contributed by atoms with Gasteiger partial charge in [0.1, 0.15) is 5.82 Å². The van der Waals surface area contributed by atoms with Crippen molar-refractivity contribution in [1.29, 1.82) is 0 Å². The van der Waals surface area contributed by atoms with Gasteiger partial charge < -0.3 is 5.73 Å². The second-order valence-corrected chi connectivity index (χ2v) is 4.27. The summed E-state index contributed by atoms with van der Waals surface area (Å²) in [6, 6.07) is 0. The molecule has 7 nitrogen and oxygen atoms in total. The number of hydrogen-bond donors (Lipinski definition) is 2. The third-order valence-electron chi connectivity index (χ3n) is 1.77. The molecule has 8 heteroatoms. The molecule has 0 amide bonds. The quantitative estimate of drug-likeness (QED) is 0.490. The zero-order valence-corrected chi connectivity index (χ0v) is 7.54. The van der Waals surface area contributed by atoms with E-state index in [1.165, 1.54) is 13.3 Å². The predicted octanol–water partition coefficient (Wildman–Crippen LogP) is -1.67. The fraction of sp³-hybridized carbons (Fsp3) is 0.200. The molecule has 13 heavy (non-hydrogen) atoms. The van der Waals surface area contributed by atoms with Gasteiger partial charge in [-0.2, -0.15) is 13.5 Å². The summed E-state index contributed by atoms with van der Waals surface area (Å²) in [5.74, 6) is 0.300. The van der Waals surface area contributed by atoms with E-state index in [-0.39, 0.29) is 11.7 Å². The molecule has 0 fully saturated rings. The molecular formula is C5H7N5O2S. The van der Waals surface area contributed by atoms with E-state index < -0.39 is 10.2 Å². The van der Waals surface area contributed by atoms with E-state index >= 15 is 0 Å². The normalized spacial score (nSPS) is 24.1. The summed E-state index contributed by atoms with van der Waals surface area (Å²) < 4.78 is 25.7. The molecule has 0 aromatic carbocycles. The molecule has 2 rings (SSSR count). The van der Waals surface area contributed by atoms with E-state index in [0.29, 0.717) is 5.57 Å². The highest BCUT2D eigenvalue weighted by Gasteiger charge is 2.33. The summed E-state index contributed by atoms with van der Waals surface area (Å²) in [6.07, 6.45) is 1.41. The summed E-state index contributed by atoms with van der Waals surface area (Å²) in [5, 5.41) is 7.21.